The maximum atomic E-state index is 14.6. The van der Waals surface area contributed by atoms with Crippen LogP contribution in [0.1, 0.15) is 44.6 Å². The van der Waals surface area contributed by atoms with Gasteiger partial charge in [-0.2, -0.15) is 0 Å². The first-order valence-corrected chi connectivity index (χ1v) is 9.82. The molecule has 0 unspecified atom stereocenters. The maximum absolute atomic E-state index is 14.6. The molecule has 31 heavy (non-hydrogen) atoms. The van der Waals surface area contributed by atoms with Gasteiger partial charge in [0.05, 0.1) is 12.2 Å². The average molecular weight is 422 g/mol. The van der Waals surface area contributed by atoms with Crippen LogP contribution in [0.4, 0.5) is 10.1 Å². The monoisotopic (exact) mass is 422 g/mol. The van der Waals surface area contributed by atoms with Crippen molar-refractivity contribution in [1.82, 2.24) is 4.98 Å². The Morgan fingerprint density at radius 3 is 2.42 bits per heavy atom. The molecule has 0 aliphatic rings. The number of carbonyl (C=O) groups excluding carboxylic acids is 3. The topological polar surface area (TPSA) is 88.3 Å². The van der Waals surface area contributed by atoms with Crippen molar-refractivity contribution in [2.45, 2.75) is 27.7 Å². The van der Waals surface area contributed by atoms with E-state index in [-0.39, 0.29) is 29.0 Å². The predicted molar refractivity (Wildman–Crippen MR) is 116 cm³/mol. The number of esters is 1. The van der Waals surface area contributed by atoms with Crippen molar-refractivity contribution in [3.8, 4) is 11.1 Å². The summed E-state index contributed by atoms with van der Waals surface area (Å²) < 4.78 is 19.7. The number of carbonyl (C=O) groups is 3. The van der Waals surface area contributed by atoms with Gasteiger partial charge in [0, 0.05) is 22.5 Å². The Labute approximate surface area is 179 Å². The maximum Gasteiger partial charge on any atom is 0.340 e. The van der Waals surface area contributed by atoms with Gasteiger partial charge in [0.15, 0.2) is 0 Å². The number of ether oxygens (including phenoxy) is 1. The zero-order chi connectivity index (χ0) is 22.7. The first kappa shape index (κ1) is 22.0. The Morgan fingerprint density at radius 2 is 1.74 bits per heavy atom. The van der Waals surface area contributed by atoms with Crippen LogP contribution < -0.4 is 5.32 Å². The molecule has 3 rings (SSSR count). The van der Waals surface area contributed by atoms with Crippen molar-refractivity contribution in [2.75, 3.05) is 11.9 Å². The molecule has 1 heterocycles. The van der Waals surface area contributed by atoms with E-state index in [0.717, 1.165) is 11.1 Å². The van der Waals surface area contributed by atoms with E-state index in [4.69, 9.17) is 4.74 Å². The Morgan fingerprint density at radius 1 is 1.03 bits per heavy atom. The summed E-state index contributed by atoms with van der Waals surface area (Å²) in [6.07, 6.45) is 0. The van der Waals surface area contributed by atoms with Gasteiger partial charge in [-0.3, -0.25) is 9.59 Å². The van der Waals surface area contributed by atoms with Gasteiger partial charge in [0.1, 0.15) is 11.5 Å². The van der Waals surface area contributed by atoms with Crippen LogP contribution in [0.3, 0.4) is 0 Å². The fourth-order valence-corrected chi connectivity index (χ4v) is 3.37. The van der Waals surface area contributed by atoms with Crippen LogP contribution in [-0.4, -0.2) is 29.3 Å². The number of benzene rings is 2. The fraction of sp³-hybridized carbons (Fsp3) is 0.208. The third kappa shape index (κ3) is 4.26. The molecule has 0 saturated heterocycles. The molecule has 7 heteroatoms. The Hall–Kier alpha value is -3.74. The van der Waals surface area contributed by atoms with Crippen LogP contribution in [-0.2, 0) is 9.53 Å². The highest BCUT2D eigenvalue weighted by Gasteiger charge is 2.31. The van der Waals surface area contributed by atoms with Crippen molar-refractivity contribution >= 4 is 23.3 Å². The van der Waals surface area contributed by atoms with E-state index in [1.165, 1.54) is 18.2 Å². The van der Waals surface area contributed by atoms with E-state index in [1.54, 1.807) is 32.0 Å². The van der Waals surface area contributed by atoms with Crippen molar-refractivity contribution in [3.05, 3.63) is 76.4 Å². The summed E-state index contributed by atoms with van der Waals surface area (Å²) in [5.41, 5.74) is 2.47. The van der Waals surface area contributed by atoms with E-state index in [0.29, 0.717) is 11.4 Å². The molecule has 0 aliphatic carbocycles. The molecule has 1 aromatic heterocycles. The SMILES string of the molecule is CCOC(=O)c1c(C)[nH]c(C(=O)C(=O)Nc2cccc(C)c2C)c1-c1ccccc1F. The number of halogens is 1. The largest absolute Gasteiger partial charge is 0.462 e. The molecule has 1 amide bonds. The number of rotatable bonds is 6. The molecule has 6 nitrogen and oxygen atoms in total. The molecule has 0 aliphatic heterocycles. The van der Waals surface area contributed by atoms with Gasteiger partial charge in [0.2, 0.25) is 0 Å². The van der Waals surface area contributed by atoms with Crippen LogP contribution in [0.5, 0.6) is 0 Å². The summed E-state index contributed by atoms with van der Waals surface area (Å²) in [6.45, 7) is 7.04. The zero-order valence-corrected chi connectivity index (χ0v) is 17.8. The number of hydrogen-bond donors (Lipinski definition) is 2. The lowest BCUT2D eigenvalue weighted by molar-refractivity contribution is -0.112. The third-order valence-corrected chi connectivity index (χ3v) is 5.10. The number of H-pyrrole nitrogens is 1. The highest BCUT2D eigenvalue weighted by molar-refractivity contribution is 6.47. The molecule has 0 atom stereocenters. The predicted octanol–water partition coefficient (Wildman–Crippen LogP) is 4.74. The average Bonchev–Trinajstić information content (AvgIpc) is 3.08. The standard InChI is InChI=1S/C24H23FN2O4/c1-5-31-24(30)19-15(4)26-21(20(19)16-10-6-7-11-17(16)25)22(28)23(29)27-18-12-8-9-13(2)14(18)3/h6-12,26H,5H2,1-4H3,(H,27,29). The molecule has 0 saturated carbocycles. The lowest BCUT2D eigenvalue weighted by Gasteiger charge is -2.11. The van der Waals surface area contributed by atoms with Gasteiger partial charge in [0.25, 0.3) is 11.7 Å². The van der Waals surface area contributed by atoms with Gasteiger partial charge < -0.3 is 15.0 Å². The number of aromatic nitrogens is 1. The summed E-state index contributed by atoms with van der Waals surface area (Å²) in [5, 5.41) is 2.61. The number of ketones is 1. The summed E-state index contributed by atoms with van der Waals surface area (Å²) in [4.78, 5) is 41.2. The molecule has 160 valence electrons. The smallest absolute Gasteiger partial charge is 0.340 e. The minimum atomic E-state index is -0.919. The molecule has 0 radical (unpaired) electrons. The molecule has 2 N–H and O–H groups in total. The number of hydrogen-bond acceptors (Lipinski definition) is 4. The van der Waals surface area contributed by atoms with Crippen molar-refractivity contribution < 1.29 is 23.5 Å². The second-order valence-electron chi connectivity index (χ2n) is 7.11. The molecule has 0 spiro atoms. The molecule has 0 bridgehead atoms. The van der Waals surface area contributed by atoms with Crippen molar-refractivity contribution in [3.63, 3.8) is 0 Å². The number of aryl methyl sites for hydroxylation is 2. The third-order valence-electron chi connectivity index (χ3n) is 5.10. The molecule has 3 aromatic rings. The number of anilines is 1. The van der Waals surface area contributed by atoms with E-state index >= 15 is 0 Å². The van der Waals surface area contributed by atoms with Crippen LogP contribution >= 0.6 is 0 Å². The van der Waals surface area contributed by atoms with Crippen LogP contribution in [0, 0.1) is 26.6 Å². The van der Waals surface area contributed by atoms with E-state index in [2.05, 4.69) is 10.3 Å². The number of amides is 1. The molecule has 0 fully saturated rings. The van der Waals surface area contributed by atoms with Crippen LogP contribution in [0.25, 0.3) is 11.1 Å². The summed E-state index contributed by atoms with van der Waals surface area (Å²) >= 11 is 0. The van der Waals surface area contributed by atoms with Gasteiger partial charge >= 0.3 is 5.97 Å². The quantitative estimate of drug-likeness (QED) is 0.341. The van der Waals surface area contributed by atoms with Crippen LogP contribution in [0.2, 0.25) is 0 Å². The summed E-state index contributed by atoms with van der Waals surface area (Å²) in [5.74, 6) is -3.15. The first-order chi connectivity index (χ1) is 14.8. The lowest BCUT2D eigenvalue weighted by Crippen LogP contribution is -2.24. The van der Waals surface area contributed by atoms with E-state index in [1.807, 2.05) is 19.9 Å². The minimum Gasteiger partial charge on any atom is -0.462 e. The normalized spacial score (nSPS) is 10.6. The Kier molecular flexibility index (Phi) is 6.34. The van der Waals surface area contributed by atoms with E-state index in [9.17, 15) is 18.8 Å². The van der Waals surface area contributed by atoms with Crippen LogP contribution in [0.15, 0.2) is 42.5 Å². The number of Topliss-reactive ketones (excluding diaryl/α,β-unsaturated/α-hetero) is 1. The number of nitrogens with one attached hydrogen (secondary N) is 2. The van der Waals surface area contributed by atoms with Gasteiger partial charge in [-0.25, -0.2) is 9.18 Å². The van der Waals surface area contributed by atoms with Gasteiger partial charge in [-0.1, -0.05) is 30.3 Å². The van der Waals surface area contributed by atoms with Crippen molar-refractivity contribution in [2.24, 2.45) is 0 Å². The summed E-state index contributed by atoms with van der Waals surface area (Å²) in [6, 6.07) is 11.1. The molecular weight excluding hydrogens is 399 g/mol. The highest BCUT2D eigenvalue weighted by Crippen LogP contribution is 2.33. The minimum absolute atomic E-state index is 0.00941. The lowest BCUT2D eigenvalue weighted by atomic mass is 9.97. The van der Waals surface area contributed by atoms with Gasteiger partial charge in [-0.15, -0.1) is 0 Å². The van der Waals surface area contributed by atoms with Gasteiger partial charge in [-0.05, 0) is 51.0 Å². The van der Waals surface area contributed by atoms with Crippen molar-refractivity contribution in [1.29, 1.82) is 0 Å². The first-order valence-electron chi connectivity index (χ1n) is 9.82. The Balaban J connectivity index is 2.10. The molecular formula is C24H23FN2O4. The highest BCUT2D eigenvalue weighted by atomic mass is 19.1. The fourth-order valence-electron chi connectivity index (χ4n) is 3.37. The second-order valence-corrected chi connectivity index (χ2v) is 7.11. The molecule has 2 aromatic carbocycles. The number of aromatic amines is 1. The Bertz CT molecular complexity index is 1180. The van der Waals surface area contributed by atoms with E-state index < -0.39 is 23.5 Å². The zero-order valence-electron chi connectivity index (χ0n) is 17.8. The summed E-state index contributed by atoms with van der Waals surface area (Å²) in [7, 11) is 0. The second kappa shape index (κ2) is 8.95.